The molecule has 10 heavy (non-hydrogen) atoms. The summed E-state index contributed by atoms with van der Waals surface area (Å²) in [6, 6.07) is 0. The van der Waals surface area contributed by atoms with Gasteiger partial charge in [-0.15, -0.1) is 0 Å². The molecule has 0 aromatic heterocycles. The molecular formula is C5H6ClIO3. The first-order chi connectivity index (χ1) is 4.59. The minimum Gasteiger partial charge on any atom is -0.477 e. The Morgan fingerprint density at radius 3 is 2.60 bits per heavy atom. The minimum atomic E-state index is -1.03. The largest absolute Gasteiger partial charge is 0.477 e. The third-order valence-electron chi connectivity index (χ3n) is 0.697. The summed E-state index contributed by atoms with van der Waals surface area (Å²) in [6.07, 6.45) is 0. The standard InChI is InChI=1S/C5H6ClIO3/c1-10-2-3(6)4(7)5(8)9/h2H2,1H3,(H,8,9)/b4-3+. The van der Waals surface area contributed by atoms with Gasteiger partial charge in [0.1, 0.15) is 3.58 Å². The van der Waals surface area contributed by atoms with Crippen molar-refractivity contribution in [1.82, 2.24) is 0 Å². The molecule has 0 aliphatic heterocycles. The number of carboxylic acids is 1. The Morgan fingerprint density at radius 1 is 1.80 bits per heavy atom. The Bertz CT molecular complexity index is 166. The molecule has 5 heteroatoms. The van der Waals surface area contributed by atoms with Crippen LogP contribution in [0.15, 0.2) is 8.61 Å². The van der Waals surface area contributed by atoms with Gasteiger partial charge in [-0.2, -0.15) is 0 Å². The van der Waals surface area contributed by atoms with Gasteiger partial charge in [-0.25, -0.2) is 4.79 Å². The summed E-state index contributed by atoms with van der Waals surface area (Å²) < 4.78 is 4.72. The Hall–Kier alpha value is 0.190. The van der Waals surface area contributed by atoms with Crippen LogP contribution in [0.1, 0.15) is 0 Å². The maximum Gasteiger partial charge on any atom is 0.343 e. The van der Waals surface area contributed by atoms with Gasteiger partial charge >= 0.3 is 5.97 Å². The monoisotopic (exact) mass is 276 g/mol. The molecule has 0 unspecified atom stereocenters. The molecule has 0 amide bonds. The Kier molecular flexibility index (Phi) is 5.02. The fourth-order valence-corrected chi connectivity index (χ4v) is 0.652. The molecule has 0 saturated carbocycles. The van der Waals surface area contributed by atoms with Crippen LogP contribution in [-0.4, -0.2) is 24.8 Å². The molecule has 0 saturated heterocycles. The van der Waals surface area contributed by atoms with E-state index in [1.54, 1.807) is 22.6 Å². The van der Waals surface area contributed by atoms with Gasteiger partial charge in [-0.05, 0) is 22.6 Å². The second kappa shape index (κ2) is 4.92. The Labute approximate surface area is 77.1 Å². The van der Waals surface area contributed by atoms with Crippen molar-refractivity contribution in [3.63, 3.8) is 0 Å². The zero-order valence-electron chi connectivity index (χ0n) is 5.23. The third-order valence-corrected chi connectivity index (χ3v) is 2.43. The highest BCUT2D eigenvalue weighted by Crippen LogP contribution is 2.16. The number of ether oxygens (including phenoxy) is 1. The molecule has 0 spiro atoms. The predicted octanol–water partition coefficient (Wildman–Crippen LogP) is 1.60. The zero-order chi connectivity index (χ0) is 8.15. The van der Waals surface area contributed by atoms with E-state index in [1.807, 2.05) is 0 Å². The number of rotatable bonds is 3. The smallest absolute Gasteiger partial charge is 0.343 e. The van der Waals surface area contributed by atoms with E-state index in [0.29, 0.717) is 0 Å². The topological polar surface area (TPSA) is 46.5 Å². The molecule has 0 aromatic carbocycles. The summed E-state index contributed by atoms with van der Waals surface area (Å²) in [4.78, 5) is 10.2. The van der Waals surface area contributed by atoms with Gasteiger partial charge < -0.3 is 9.84 Å². The van der Waals surface area contributed by atoms with Crippen LogP contribution in [0.3, 0.4) is 0 Å². The van der Waals surface area contributed by atoms with Crippen molar-refractivity contribution in [2.45, 2.75) is 0 Å². The van der Waals surface area contributed by atoms with E-state index >= 15 is 0 Å². The second-order valence-corrected chi connectivity index (χ2v) is 2.99. The molecule has 0 aromatic rings. The lowest BCUT2D eigenvalue weighted by Crippen LogP contribution is -1.99. The van der Waals surface area contributed by atoms with E-state index in [9.17, 15) is 4.79 Å². The molecule has 0 rings (SSSR count). The molecule has 0 atom stereocenters. The number of hydrogen-bond acceptors (Lipinski definition) is 2. The lowest BCUT2D eigenvalue weighted by atomic mass is 10.5. The van der Waals surface area contributed by atoms with Crippen LogP contribution < -0.4 is 0 Å². The van der Waals surface area contributed by atoms with Crippen LogP contribution in [0, 0.1) is 0 Å². The number of hydrogen-bond donors (Lipinski definition) is 1. The van der Waals surface area contributed by atoms with E-state index in [0.717, 1.165) is 0 Å². The predicted molar refractivity (Wildman–Crippen MR) is 46.4 cm³/mol. The molecule has 0 bridgehead atoms. The first-order valence-corrected chi connectivity index (χ1v) is 3.81. The summed E-state index contributed by atoms with van der Waals surface area (Å²) >= 11 is 7.14. The molecule has 0 radical (unpaired) electrons. The fourth-order valence-electron chi connectivity index (χ4n) is 0.306. The number of carboxylic acid groups (broad SMARTS) is 1. The average molecular weight is 276 g/mol. The van der Waals surface area contributed by atoms with Crippen molar-refractivity contribution in [3.05, 3.63) is 8.61 Å². The fraction of sp³-hybridized carbons (Fsp3) is 0.400. The van der Waals surface area contributed by atoms with Gasteiger partial charge in [0.15, 0.2) is 0 Å². The van der Waals surface area contributed by atoms with E-state index in [-0.39, 0.29) is 15.2 Å². The van der Waals surface area contributed by atoms with Gasteiger partial charge in [0.25, 0.3) is 0 Å². The van der Waals surface area contributed by atoms with Crippen LogP contribution in [0.5, 0.6) is 0 Å². The van der Waals surface area contributed by atoms with Crippen molar-refractivity contribution in [2.24, 2.45) is 0 Å². The lowest BCUT2D eigenvalue weighted by Gasteiger charge is -1.96. The van der Waals surface area contributed by atoms with Gasteiger partial charge in [0.05, 0.1) is 11.6 Å². The quantitative estimate of drug-likeness (QED) is 0.629. The molecule has 1 N–H and O–H groups in total. The third kappa shape index (κ3) is 3.38. The number of methoxy groups -OCH3 is 1. The summed E-state index contributed by atoms with van der Waals surface area (Å²) in [5, 5.41) is 8.59. The summed E-state index contributed by atoms with van der Waals surface area (Å²) in [5.41, 5.74) is 0. The van der Waals surface area contributed by atoms with Gasteiger partial charge in [-0.3, -0.25) is 0 Å². The van der Waals surface area contributed by atoms with Crippen LogP contribution in [0.4, 0.5) is 0 Å². The molecule has 58 valence electrons. The number of halogens is 2. The molecule has 0 aliphatic carbocycles. The SMILES string of the molecule is COC/C(Cl)=C(\I)C(=O)O. The summed E-state index contributed by atoms with van der Waals surface area (Å²) in [6.45, 7) is 0.145. The average Bonchev–Trinajstić information content (AvgIpc) is 1.87. The highest BCUT2D eigenvalue weighted by molar-refractivity contribution is 14.1. The Morgan fingerprint density at radius 2 is 2.30 bits per heavy atom. The molecule has 0 aliphatic rings. The summed E-state index contributed by atoms with van der Waals surface area (Å²) in [5.74, 6) is -1.03. The molecule has 0 fully saturated rings. The van der Waals surface area contributed by atoms with Crippen LogP contribution in [0.2, 0.25) is 0 Å². The summed E-state index contributed by atoms with van der Waals surface area (Å²) in [7, 11) is 1.45. The molecular weight excluding hydrogens is 270 g/mol. The molecule has 0 heterocycles. The number of aliphatic carboxylic acids is 1. The lowest BCUT2D eigenvalue weighted by molar-refractivity contribution is -0.131. The minimum absolute atomic E-state index is 0.0983. The van der Waals surface area contributed by atoms with E-state index in [1.165, 1.54) is 7.11 Å². The van der Waals surface area contributed by atoms with Crippen LogP contribution in [0.25, 0.3) is 0 Å². The van der Waals surface area contributed by atoms with Crippen molar-refractivity contribution in [1.29, 1.82) is 0 Å². The normalized spacial score (nSPS) is 12.7. The molecule has 3 nitrogen and oxygen atoms in total. The highest BCUT2D eigenvalue weighted by Gasteiger charge is 2.07. The van der Waals surface area contributed by atoms with Crippen molar-refractivity contribution < 1.29 is 14.6 Å². The number of carbonyl (C=O) groups is 1. The second-order valence-electron chi connectivity index (χ2n) is 1.46. The zero-order valence-corrected chi connectivity index (χ0v) is 8.14. The van der Waals surface area contributed by atoms with Gasteiger partial charge in [-0.1, -0.05) is 11.6 Å². The van der Waals surface area contributed by atoms with Crippen LogP contribution in [-0.2, 0) is 9.53 Å². The van der Waals surface area contributed by atoms with E-state index in [4.69, 9.17) is 16.7 Å². The van der Waals surface area contributed by atoms with Gasteiger partial charge in [0, 0.05) is 7.11 Å². The highest BCUT2D eigenvalue weighted by atomic mass is 127. The van der Waals surface area contributed by atoms with Gasteiger partial charge in [0.2, 0.25) is 0 Å². The van der Waals surface area contributed by atoms with Crippen molar-refractivity contribution >= 4 is 40.2 Å². The maximum atomic E-state index is 10.2. The van der Waals surface area contributed by atoms with Crippen LogP contribution >= 0.6 is 34.2 Å². The van der Waals surface area contributed by atoms with E-state index in [2.05, 4.69) is 4.74 Å². The Balaban J connectivity index is 4.19. The first kappa shape index (κ1) is 10.2. The van der Waals surface area contributed by atoms with Crippen molar-refractivity contribution in [2.75, 3.05) is 13.7 Å². The first-order valence-electron chi connectivity index (χ1n) is 2.36. The van der Waals surface area contributed by atoms with E-state index < -0.39 is 5.97 Å². The van der Waals surface area contributed by atoms with Crippen molar-refractivity contribution in [3.8, 4) is 0 Å². The maximum absolute atomic E-state index is 10.2.